The van der Waals surface area contributed by atoms with E-state index in [4.69, 9.17) is 4.52 Å². The normalized spacial score (nSPS) is 19.0. The Kier molecular flexibility index (Phi) is 3.53. The van der Waals surface area contributed by atoms with E-state index in [2.05, 4.69) is 23.2 Å². The lowest BCUT2D eigenvalue weighted by Gasteiger charge is -2.32. The molecule has 1 atom stereocenters. The van der Waals surface area contributed by atoms with E-state index in [-0.39, 0.29) is 11.9 Å². The van der Waals surface area contributed by atoms with Gasteiger partial charge in [-0.3, -0.25) is 9.48 Å². The van der Waals surface area contributed by atoms with E-state index in [9.17, 15) is 4.79 Å². The second kappa shape index (κ2) is 5.35. The summed E-state index contributed by atoms with van der Waals surface area (Å²) in [7, 11) is 0. The highest BCUT2D eigenvalue weighted by Crippen LogP contribution is 2.24. The lowest BCUT2D eigenvalue weighted by molar-refractivity contribution is 0.0630. The number of hydrogen-bond donors (Lipinski definition) is 0. The Morgan fingerprint density at radius 1 is 1.29 bits per heavy atom. The first-order valence-corrected chi connectivity index (χ1v) is 7.30. The quantitative estimate of drug-likeness (QED) is 0.850. The molecule has 1 aliphatic heterocycles. The molecule has 0 aromatic carbocycles. The molecule has 21 heavy (non-hydrogen) atoms. The molecule has 0 bridgehead atoms. The maximum absolute atomic E-state index is 12.4. The number of amides is 1. The summed E-state index contributed by atoms with van der Waals surface area (Å²) < 4.78 is 7.13. The van der Waals surface area contributed by atoms with E-state index >= 15 is 0 Å². The fraction of sp³-hybridized carbons (Fsp3) is 0.533. The van der Waals surface area contributed by atoms with E-state index in [0.717, 1.165) is 36.5 Å². The average molecular weight is 288 g/mol. The first-order valence-electron chi connectivity index (χ1n) is 7.30. The zero-order chi connectivity index (χ0) is 15.0. The number of aryl methyl sites for hydroxylation is 3. The first-order chi connectivity index (χ1) is 10.0. The Labute approximate surface area is 123 Å². The zero-order valence-electron chi connectivity index (χ0n) is 12.7. The number of carbonyl (C=O) groups is 1. The van der Waals surface area contributed by atoms with Gasteiger partial charge in [0, 0.05) is 24.8 Å². The highest BCUT2D eigenvalue weighted by molar-refractivity contribution is 5.91. The number of hydrogen-bond acceptors (Lipinski definition) is 4. The summed E-state index contributed by atoms with van der Waals surface area (Å²) in [4.78, 5) is 14.3. The maximum Gasteiger partial charge on any atom is 0.292 e. The van der Waals surface area contributed by atoms with Crippen LogP contribution in [0.2, 0.25) is 0 Å². The van der Waals surface area contributed by atoms with Crippen LogP contribution in [-0.2, 0) is 0 Å². The van der Waals surface area contributed by atoms with Crippen LogP contribution >= 0.6 is 0 Å². The van der Waals surface area contributed by atoms with Gasteiger partial charge in [-0.25, -0.2) is 0 Å². The van der Waals surface area contributed by atoms with E-state index in [1.54, 1.807) is 6.07 Å². The van der Waals surface area contributed by atoms with Crippen LogP contribution in [0.15, 0.2) is 16.7 Å². The van der Waals surface area contributed by atoms with Crippen LogP contribution in [-0.4, -0.2) is 38.8 Å². The van der Waals surface area contributed by atoms with E-state index in [0.29, 0.717) is 12.3 Å². The molecule has 3 rings (SSSR count). The Balaban J connectivity index is 1.77. The predicted octanol–water partition coefficient (Wildman–Crippen LogP) is 2.27. The third-order valence-corrected chi connectivity index (χ3v) is 3.91. The van der Waals surface area contributed by atoms with Crippen molar-refractivity contribution in [2.45, 2.75) is 39.7 Å². The van der Waals surface area contributed by atoms with Gasteiger partial charge in [0.15, 0.2) is 0 Å². The Bertz CT molecular complexity index is 658. The predicted molar refractivity (Wildman–Crippen MR) is 77.1 cm³/mol. The number of nitrogens with zero attached hydrogens (tertiary/aromatic N) is 4. The van der Waals surface area contributed by atoms with Crippen molar-refractivity contribution in [3.05, 3.63) is 35.0 Å². The van der Waals surface area contributed by atoms with Crippen LogP contribution in [0.25, 0.3) is 0 Å². The van der Waals surface area contributed by atoms with Gasteiger partial charge < -0.3 is 9.42 Å². The number of carbonyl (C=O) groups excluding carboxylic acids is 1. The molecule has 6 nitrogen and oxygen atoms in total. The monoisotopic (exact) mass is 288 g/mol. The van der Waals surface area contributed by atoms with Crippen LogP contribution in [0.1, 0.15) is 46.5 Å². The second-order valence-corrected chi connectivity index (χ2v) is 5.75. The minimum absolute atomic E-state index is 0.0816. The lowest BCUT2D eigenvalue weighted by atomic mass is 10.1. The van der Waals surface area contributed by atoms with Gasteiger partial charge in [-0.05, 0) is 39.7 Å². The van der Waals surface area contributed by atoms with Gasteiger partial charge in [-0.1, -0.05) is 5.16 Å². The topological polar surface area (TPSA) is 64.2 Å². The van der Waals surface area contributed by atoms with Gasteiger partial charge in [0.05, 0.1) is 17.4 Å². The molecule has 0 unspecified atom stereocenters. The highest BCUT2D eigenvalue weighted by Gasteiger charge is 2.28. The van der Waals surface area contributed by atoms with Crippen molar-refractivity contribution in [3.8, 4) is 0 Å². The number of piperidine rings is 1. The molecule has 0 radical (unpaired) electrons. The molecule has 0 N–H and O–H groups in total. The van der Waals surface area contributed by atoms with Crippen molar-refractivity contribution < 1.29 is 9.32 Å². The molecule has 0 saturated carbocycles. The number of likely N-dealkylation sites (tertiary alicyclic amines) is 1. The summed E-state index contributed by atoms with van der Waals surface area (Å²) in [5, 5.41) is 8.33. The molecule has 1 saturated heterocycles. The standard InChI is InChI=1S/C15H20N4O2/c1-10-7-12(3)19(16-10)13-5-4-6-18(9-13)15(20)14-8-11(2)17-21-14/h7-8,13H,4-6,9H2,1-3H3/t13-/m1/s1. The summed E-state index contributed by atoms with van der Waals surface area (Å²) in [5.74, 6) is 0.239. The smallest absolute Gasteiger partial charge is 0.292 e. The Morgan fingerprint density at radius 2 is 2.10 bits per heavy atom. The van der Waals surface area contributed by atoms with Gasteiger partial charge in [0.2, 0.25) is 5.76 Å². The molecule has 0 spiro atoms. The van der Waals surface area contributed by atoms with Gasteiger partial charge in [0.1, 0.15) is 0 Å². The summed E-state index contributed by atoms with van der Waals surface area (Å²) in [5.41, 5.74) is 2.88. The molecule has 0 aliphatic carbocycles. The molecule has 1 amide bonds. The molecular formula is C15H20N4O2. The van der Waals surface area contributed by atoms with Crippen molar-refractivity contribution >= 4 is 5.91 Å². The van der Waals surface area contributed by atoms with Crippen molar-refractivity contribution in [1.29, 1.82) is 0 Å². The van der Waals surface area contributed by atoms with E-state index in [1.165, 1.54) is 0 Å². The Hall–Kier alpha value is -2.11. The third kappa shape index (κ3) is 2.70. The van der Waals surface area contributed by atoms with Gasteiger partial charge >= 0.3 is 0 Å². The minimum Gasteiger partial charge on any atom is -0.351 e. The third-order valence-electron chi connectivity index (χ3n) is 3.91. The molecule has 1 aliphatic rings. The maximum atomic E-state index is 12.4. The molecule has 1 fully saturated rings. The summed E-state index contributed by atoms with van der Waals surface area (Å²) in [6, 6.07) is 4.00. The SMILES string of the molecule is Cc1cc(C(=O)N2CCC[C@@H](n3nc(C)cc3C)C2)on1. The molecule has 112 valence electrons. The number of aromatic nitrogens is 3. The van der Waals surface area contributed by atoms with Gasteiger partial charge in [-0.2, -0.15) is 5.10 Å². The fourth-order valence-electron chi connectivity index (χ4n) is 2.97. The van der Waals surface area contributed by atoms with Crippen LogP contribution in [0.4, 0.5) is 0 Å². The molecule has 6 heteroatoms. The average Bonchev–Trinajstić information content (AvgIpc) is 3.04. The van der Waals surface area contributed by atoms with Crippen molar-refractivity contribution in [2.75, 3.05) is 13.1 Å². The lowest BCUT2D eigenvalue weighted by Crippen LogP contribution is -2.41. The molecule has 2 aromatic rings. The van der Waals surface area contributed by atoms with Crippen LogP contribution in [0.5, 0.6) is 0 Å². The molecule has 2 aromatic heterocycles. The molecular weight excluding hydrogens is 268 g/mol. The van der Waals surface area contributed by atoms with E-state index < -0.39 is 0 Å². The van der Waals surface area contributed by atoms with Crippen molar-refractivity contribution in [2.24, 2.45) is 0 Å². The first kappa shape index (κ1) is 13.9. The summed E-state index contributed by atoms with van der Waals surface area (Å²) in [6.45, 7) is 7.29. The van der Waals surface area contributed by atoms with Crippen LogP contribution in [0, 0.1) is 20.8 Å². The van der Waals surface area contributed by atoms with E-state index in [1.807, 2.05) is 23.4 Å². The minimum atomic E-state index is -0.0816. The van der Waals surface area contributed by atoms with Crippen molar-refractivity contribution in [1.82, 2.24) is 19.8 Å². The highest BCUT2D eigenvalue weighted by atomic mass is 16.5. The van der Waals surface area contributed by atoms with Crippen molar-refractivity contribution in [3.63, 3.8) is 0 Å². The summed E-state index contributed by atoms with van der Waals surface area (Å²) in [6.07, 6.45) is 2.02. The zero-order valence-corrected chi connectivity index (χ0v) is 12.7. The summed E-state index contributed by atoms with van der Waals surface area (Å²) >= 11 is 0. The fourth-order valence-corrected chi connectivity index (χ4v) is 2.97. The van der Waals surface area contributed by atoms with Crippen LogP contribution < -0.4 is 0 Å². The Morgan fingerprint density at radius 3 is 2.71 bits per heavy atom. The van der Waals surface area contributed by atoms with Gasteiger partial charge in [0.25, 0.3) is 5.91 Å². The van der Waals surface area contributed by atoms with Crippen LogP contribution in [0.3, 0.4) is 0 Å². The second-order valence-electron chi connectivity index (χ2n) is 5.75. The molecule has 3 heterocycles. The van der Waals surface area contributed by atoms with Gasteiger partial charge in [-0.15, -0.1) is 0 Å². The number of rotatable bonds is 2. The largest absolute Gasteiger partial charge is 0.351 e.